The van der Waals surface area contributed by atoms with Crippen LogP contribution in [-0.4, -0.2) is 13.2 Å². The standard InChI is InChI=1S/C16H19NO2S/c1-12(15-7-3-10-20-15)17-11-13-5-2-6-14-16(13)19-9-4-8-18-14/h2-3,5-7,10,12,17H,4,8-9,11H2,1H3/t12-/m1/s1. The van der Waals surface area contributed by atoms with E-state index in [0.29, 0.717) is 6.04 Å². The van der Waals surface area contributed by atoms with E-state index >= 15 is 0 Å². The average molecular weight is 289 g/mol. The van der Waals surface area contributed by atoms with Crippen molar-refractivity contribution >= 4 is 11.3 Å². The summed E-state index contributed by atoms with van der Waals surface area (Å²) in [6.45, 7) is 4.43. The van der Waals surface area contributed by atoms with Gasteiger partial charge in [0.05, 0.1) is 13.2 Å². The van der Waals surface area contributed by atoms with Crippen LogP contribution in [0, 0.1) is 0 Å². The predicted octanol–water partition coefficient (Wildman–Crippen LogP) is 3.76. The number of fused-ring (bicyclic) bond motifs is 1. The number of rotatable bonds is 4. The van der Waals surface area contributed by atoms with E-state index in [1.807, 2.05) is 12.1 Å². The fourth-order valence-corrected chi connectivity index (χ4v) is 3.05. The van der Waals surface area contributed by atoms with Crippen molar-refractivity contribution < 1.29 is 9.47 Å². The highest BCUT2D eigenvalue weighted by atomic mass is 32.1. The van der Waals surface area contributed by atoms with Gasteiger partial charge in [0.1, 0.15) is 0 Å². The topological polar surface area (TPSA) is 30.5 Å². The molecular formula is C16H19NO2S. The molecule has 0 radical (unpaired) electrons. The lowest BCUT2D eigenvalue weighted by molar-refractivity contribution is 0.296. The second-order valence-electron chi connectivity index (χ2n) is 4.91. The first-order chi connectivity index (χ1) is 9.84. The van der Waals surface area contributed by atoms with E-state index in [4.69, 9.17) is 9.47 Å². The lowest BCUT2D eigenvalue weighted by Crippen LogP contribution is -2.17. The number of ether oxygens (including phenoxy) is 2. The maximum atomic E-state index is 5.84. The van der Waals surface area contributed by atoms with Crippen molar-refractivity contribution in [3.8, 4) is 11.5 Å². The van der Waals surface area contributed by atoms with Crippen LogP contribution in [0.4, 0.5) is 0 Å². The Hall–Kier alpha value is -1.52. The zero-order chi connectivity index (χ0) is 13.8. The maximum absolute atomic E-state index is 5.84. The molecular weight excluding hydrogens is 270 g/mol. The van der Waals surface area contributed by atoms with Crippen LogP contribution in [0.15, 0.2) is 35.7 Å². The Morgan fingerprint density at radius 1 is 1.20 bits per heavy atom. The minimum absolute atomic E-state index is 0.345. The van der Waals surface area contributed by atoms with Crippen molar-refractivity contribution in [2.24, 2.45) is 0 Å². The van der Waals surface area contributed by atoms with E-state index in [2.05, 4.69) is 35.8 Å². The van der Waals surface area contributed by atoms with Crippen LogP contribution < -0.4 is 14.8 Å². The highest BCUT2D eigenvalue weighted by Crippen LogP contribution is 2.33. The van der Waals surface area contributed by atoms with Gasteiger partial charge in [-0.25, -0.2) is 0 Å². The SMILES string of the molecule is C[C@@H](NCc1cccc2c1OCCCO2)c1cccs1. The summed E-state index contributed by atoms with van der Waals surface area (Å²) in [5.41, 5.74) is 1.16. The molecule has 2 aromatic rings. The van der Waals surface area contributed by atoms with Gasteiger partial charge in [0, 0.05) is 29.4 Å². The molecule has 0 bridgehead atoms. The molecule has 1 aliphatic heterocycles. The number of benzene rings is 1. The fourth-order valence-electron chi connectivity index (χ4n) is 2.29. The highest BCUT2D eigenvalue weighted by Gasteiger charge is 2.15. The molecule has 0 spiro atoms. The molecule has 0 saturated heterocycles. The number of nitrogens with one attached hydrogen (secondary N) is 1. The lowest BCUT2D eigenvalue weighted by Gasteiger charge is -2.16. The quantitative estimate of drug-likeness (QED) is 0.929. The molecule has 1 aliphatic rings. The Morgan fingerprint density at radius 3 is 2.95 bits per heavy atom. The third kappa shape index (κ3) is 2.97. The number of hydrogen-bond donors (Lipinski definition) is 1. The zero-order valence-electron chi connectivity index (χ0n) is 11.6. The number of hydrogen-bond acceptors (Lipinski definition) is 4. The summed E-state index contributed by atoms with van der Waals surface area (Å²) in [7, 11) is 0. The van der Waals surface area contributed by atoms with Crippen molar-refractivity contribution in [3.05, 3.63) is 46.2 Å². The van der Waals surface area contributed by atoms with Gasteiger partial charge in [0.15, 0.2) is 11.5 Å². The molecule has 0 unspecified atom stereocenters. The van der Waals surface area contributed by atoms with Crippen molar-refractivity contribution in [1.82, 2.24) is 5.32 Å². The molecule has 20 heavy (non-hydrogen) atoms. The van der Waals surface area contributed by atoms with E-state index in [-0.39, 0.29) is 0 Å². The van der Waals surface area contributed by atoms with Crippen molar-refractivity contribution in [2.75, 3.05) is 13.2 Å². The monoisotopic (exact) mass is 289 g/mol. The van der Waals surface area contributed by atoms with Crippen LogP contribution in [0.25, 0.3) is 0 Å². The number of thiophene rings is 1. The first-order valence-corrected chi connectivity index (χ1v) is 7.87. The minimum Gasteiger partial charge on any atom is -0.490 e. The average Bonchev–Trinajstić information content (AvgIpc) is 2.90. The van der Waals surface area contributed by atoms with Crippen molar-refractivity contribution in [3.63, 3.8) is 0 Å². The Kier molecular flexibility index (Phi) is 4.23. The first-order valence-electron chi connectivity index (χ1n) is 6.99. The molecule has 2 heterocycles. The van der Waals surface area contributed by atoms with Gasteiger partial charge in [-0.15, -0.1) is 11.3 Å². The van der Waals surface area contributed by atoms with Gasteiger partial charge in [-0.3, -0.25) is 0 Å². The summed E-state index contributed by atoms with van der Waals surface area (Å²) in [5.74, 6) is 1.77. The van der Waals surface area contributed by atoms with Gasteiger partial charge in [-0.1, -0.05) is 18.2 Å². The minimum atomic E-state index is 0.345. The molecule has 4 heteroatoms. The van der Waals surface area contributed by atoms with Crippen LogP contribution in [0.3, 0.4) is 0 Å². The molecule has 0 amide bonds. The third-order valence-electron chi connectivity index (χ3n) is 3.42. The second-order valence-corrected chi connectivity index (χ2v) is 5.89. The summed E-state index contributed by atoms with van der Waals surface area (Å²) >= 11 is 1.78. The summed E-state index contributed by atoms with van der Waals surface area (Å²) in [6, 6.07) is 10.7. The van der Waals surface area contributed by atoms with Crippen LogP contribution >= 0.6 is 11.3 Å². The molecule has 0 aliphatic carbocycles. The van der Waals surface area contributed by atoms with Gasteiger partial charge in [-0.05, 0) is 24.4 Å². The Bertz CT molecular complexity index is 554. The summed E-state index contributed by atoms with van der Waals surface area (Å²) in [6.07, 6.45) is 0.938. The molecule has 3 nitrogen and oxygen atoms in total. The molecule has 1 atom stereocenters. The number of para-hydroxylation sites is 1. The van der Waals surface area contributed by atoms with Gasteiger partial charge >= 0.3 is 0 Å². The second kappa shape index (κ2) is 6.29. The Morgan fingerprint density at radius 2 is 2.10 bits per heavy atom. The van der Waals surface area contributed by atoms with Gasteiger partial charge < -0.3 is 14.8 Å². The third-order valence-corrected chi connectivity index (χ3v) is 4.48. The molecule has 1 aromatic carbocycles. The van der Waals surface area contributed by atoms with Crippen molar-refractivity contribution in [1.29, 1.82) is 0 Å². The van der Waals surface area contributed by atoms with Crippen LogP contribution in [0.2, 0.25) is 0 Å². The van der Waals surface area contributed by atoms with E-state index in [9.17, 15) is 0 Å². The molecule has 1 aromatic heterocycles. The van der Waals surface area contributed by atoms with E-state index in [1.54, 1.807) is 11.3 Å². The van der Waals surface area contributed by atoms with Crippen LogP contribution in [0.1, 0.15) is 29.8 Å². The Labute approximate surface area is 123 Å². The van der Waals surface area contributed by atoms with E-state index < -0.39 is 0 Å². The molecule has 3 rings (SSSR count). The summed E-state index contributed by atoms with van der Waals surface area (Å²) < 4.78 is 11.6. The largest absolute Gasteiger partial charge is 0.490 e. The van der Waals surface area contributed by atoms with Gasteiger partial charge in [0.2, 0.25) is 0 Å². The molecule has 0 fully saturated rings. The first kappa shape index (κ1) is 13.5. The van der Waals surface area contributed by atoms with E-state index in [0.717, 1.165) is 43.2 Å². The summed E-state index contributed by atoms with van der Waals surface area (Å²) in [5, 5.41) is 5.66. The maximum Gasteiger partial charge on any atom is 0.165 e. The van der Waals surface area contributed by atoms with Crippen LogP contribution in [0.5, 0.6) is 11.5 Å². The molecule has 1 N–H and O–H groups in total. The summed E-state index contributed by atoms with van der Waals surface area (Å²) in [4.78, 5) is 1.35. The zero-order valence-corrected chi connectivity index (χ0v) is 12.4. The Balaban J connectivity index is 1.71. The van der Waals surface area contributed by atoms with Gasteiger partial charge in [-0.2, -0.15) is 0 Å². The predicted molar refractivity (Wildman–Crippen MR) is 81.6 cm³/mol. The normalized spacial score (nSPS) is 15.7. The fraction of sp³-hybridized carbons (Fsp3) is 0.375. The van der Waals surface area contributed by atoms with Crippen molar-refractivity contribution in [2.45, 2.75) is 25.9 Å². The van der Waals surface area contributed by atoms with E-state index in [1.165, 1.54) is 4.88 Å². The molecule has 0 saturated carbocycles. The highest BCUT2D eigenvalue weighted by molar-refractivity contribution is 7.10. The lowest BCUT2D eigenvalue weighted by atomic mass is 10.1. The smallest absolute Gasteiger partial charge is 0.165 e. The molecule has 106 valence electrons. The van der Waals surface area contributed by atoms with Crippen LogP contribution in [-0.2, 0) is 6.54 Å². The van der Waals surface area contributed by atoms with Gasteiger partial charge in [0.25, 0.3) is 0 Å².